The van der Waals surface area contributed by atoms with E-state index >= 15 is 0 Å². The number of hydrogen-bond acceptors (Lipinski definition) is 4. The molecule has 0 bridgehead atoms. The van der Waals surface area contributed by atoms with Gasteiger partial charge in [0.15, 0.2) is 0 Å². The molecule has 0 fully saturated rings. The molecule has 0 spiro atoms. The van der Waals surface area contributed by atoms with Gasteiger partial charge in [0.2, 0.25) is 0 Å². The highest BCUT2D eigenvalue weighted by molar-refractivity contribution is 7.09. The second-order valence-electron chi connectivity index (χ2n) is 4.96. The van der Waals surface area contributed by atoms with Crippen LogP contribution in [0.4, 0.5) is 0 Å². The lowest BCUT2D eigenvalue weighted by atomic mass is 10.1. The summed E-state index contributed by atoms with van der Waals surface area (Å²) in [6.45, 7) is 8.23. The summed E-state index contributed by atoms with van der Waals surface area (Å²) in [6.07, 6.45) is 1.86. The third kappa shape index (κ3) is 5.80. The molecular formula is C11H22ClN3S. The number of rotatable bonds is 5. The van der Waals surface area contributed by atoms with Gasteiger partial charge < -0.3 is 10.6 Å². The maximum absolute atomic E-state index is 5.98. The van der Waals surface area contributed by atoms with Gasteiger partial charge in [-0.3, -0.25) is 0 Å². The topological polar surface area (TPSA) is 42.1 Å². The van der Waals surface area contributed by atoms with Crippen molar-refractivity contribution in [1.82, 2.24) is 9.88 Å². The fourth-order valence-corrected chi connectivity index (χ4v) is 2.47. The van der Waals surface area contributed by atoms with E-state index in [1.165, 1.54) is 5.01 Å². The highest BCUT2D eigenvalue weighted by Crippen LogP contribution is 2.18. The zero-order valence-electron chi connectivity index (χ0n) is 10.4. The first-order valence-corrected chi connectivity index (χ1v) is 6.13. The van der Waals surface area contributed by atoms with Crippen molar-refractivity contribution in [2.75, 3.05) is 20.1 Å². The summed E-state index contributed by atoms with van der Waals surface area (Å²) in [5.41, 5.74) is 5.85. The van der Waals surface area contributed by atoms with Crippen molar-refractivity contribution in [2.45, 2.75) is 32.2 Å². The van der Waals surface area contributed by atoms with Crippen LogP contribution in [0.5, 0.6) is 0 Å². The van der Waals surface area contributed by atoms with Crippen LogP contribution in [-0.4, -0.2) is 35.6 Å². The molecule has 2 N–H and O–H groups in total. The van der Waals surface area contributed by atoms with E-state index in [2.05, 4.69) is 37.7 Å². The Kier molecular flexibility index (Phi) is 6.48. The Morgan fingerprint density at radius 3 is 2.62 bits per heavy atom. The first-order chi connectivity index (χ1) is 6.88. The van der Waals surface area contributed by atoms with Crippen molar-refractivity contribution in [3.63, 3.8) is 0 Å². The fourth-order valence-electron chi connectivity index (χ4n) is 1.78. The fraction of sp³-hybridized carbons (Fsp3) is 0.727. The van der Waals surface area contributed by atoms with E-state index in [4.69, 9.17) is 5.73 Å². The first kappa shape index (κ1) is 15.8. The van der Waals surface area contributed by atoms with Crippen LogP contribution in [0.3, 0.4) is 0 Å². The molecule has 1 heterocycles. The summed E-state index contributed by atoms with van der Waals surface area (Å²) >= 11 is 1.72. The Bertz CT molecular complexity index is 282. The normalized spacial score (nSPS) is 13.6. The van der Waals surface area contributed by atoms with Crippen LogP contribution in [0, 0.1) is 0 Å². The summed E-state index contributed by atoms with van der Waals surface area (Å²) in [4.78, 5) is 6.60. The number of halogens is 1. The Labute approximate surface area is 108 Å². The standard InChI is InChI=1S/C11H21N3S.ClH/c1-9(10-13-5-6-15-10)7-14(4)8-11(2,3)12;/h5-6,9H,7-8,12H2,1-4H3;1H. The monoisotopic (exact) mass is 263 g/mol. The highest BCUT2D eigenvalue weighted by Gasteiger charge is 2.17. The van der Waals surface area contributed by atoms with Crippen molar-refractivity contribution < 1.29 is 0 Å². The number of hydrogen-bond donors (Lipinski definition) is 1. The third-order valence-electron chi connectivity index (χ3n) is 2.14. The summed E-state index contributed by atoms with van der Waals surface area (Å²) in [5.74, 6) is 0.484. The minimum absolute atomic E-state index is 0. The molecule has 1 aromatic rings. The Morgan fingerprint density at radius 2 is 2.19 bits per heavy atom. The van der Waals surface area contributed by atoms with Crippen molar-refractivity contribution in [2.24, 2.45) is 5.73 Å². The van der Waals surface area contributed by atoms with Crippen LogP contribution < -0.4 is 5.73 Å². The average Bonchev–Trinajstić information content (AvgIpc) is 2.50. The second-order valence-corrected chi connectivity index (χ2v) is 5.88. The summed E-state index contributed by atoms with van der Waals surface area (Å²) in [7, 11) is 2.11. The minimum atomic E-state index is -0.128. The molecule has 1 aromatic heterocycles. The Morgan fingerprint density at radius 1 is 1.56 bits per heavy atom. The van der Waals surface area contributed by atoms with Crippen LogP contribution in [0.2, 0.25) is 0 Å². The smallest absolute Gasteiger partial charge is 0.0965 e. The zero-order chi connectivity index (χ0) is 11.5. The van der Waals surface area contributed by atoms with Gasteiger partial charge in [0.05, 0.1) is 5.01 Å². The number of aromatic nitrogens is 1. The molecule has 0 saturated heterocycles. The zero-order valence-corrected chi connectivity index (χ0v) is 12.1. The molecule has 0 aliphatic rings. The molecule has 1 unspecified atom stereocenters. The maximum atomic E-state index is 5.98. The lowest BCUT2D eigenvalue weighted by Gasteiger charge is -2.28. The van der Waals surface area contributed by atoms with Crippen LogP contribution in [0.1, 0.15) is 31.7 Å². The molecule has 1 atom stereocenters. The molecule has 0 aromatic carbocycles. The van der Waals surface area contributed by atoms with Crippen LogP contribution >= 0.6 is 23.7 Å². The molecule has 94 valence electrons. The molecule has 3 nitrogen and oxygen atoms in total. The number of likely N-dealkylation sites (N-methyl/N-ethyl adjacent to an activating group) is 1. The highest BCUT2D eigenvalue weighted by atomic mass is 35.5. The van der Waals surface area contributed by atoms with E-state index in [1.807, 2.05) is 11.6 Å². The lowest BCUT2D eigenvalue weighted by Crippen LogP contribution is -2.44. The van der Waals surface area contributed by atoms with E-state index in [0.717, 1.165) is 13.1 Å². The van der Waals surface area contributed by atoms with Gasteiger partial charge >= 0.3 is 0 Å². The van der Waals surface area contributed by atoms with E-state index in [0.29, 0.717) is 5.92 Å². The molecule has 0 amide bonds. The maximum Gasteiger partial charge on any atom is 0.0965 e. The van der Waals surface area contributed by atoms with E-state index < -0.39 is 0 Å². The molecule has 0 radical (unpaired) electrons. The van der Waals surface area contributed by atoms with Crippen LogP contribution in [0.25, 0.3) is 0 Å². The van der Waals surface area contributed by atoms with Crippen LogP contribution in [0.15, 0.2) is 11.6 Å². The number of thiazole rings is 1. The van der Waals surface area contributed by atoms with Gasteiger partial charge in [-0.05, 0) is 20.9 Å². The molecule has 0 saturated carbocycles. The van der Waals surface area contributed by atoms with Gasteiger partial charge in [0.1, 0.15) is 0 Å². The Hall–Kier alpha value is -0.160. The molecule has 0 aliphatic heterocycles. The summed E-state index contributed by atoms with van der Waals surface area (Å²) < 4.78 is 0. The predicted octanol–water partition coefficient (Wildman–Crippen LogP) is 2.34. The SMILES string of the molecule is CC(CN(C)CC(C)(C)N)c1nccs1.Cl. The van der Waals surface area contributed by atoms with E-state index in [1.54, 1.807) is 11.3 Å². The molecule has 5 heteroatoms. The van der Waals surface area contributed by atoms with Gasteiger partial charge in [-0.1, -0.05) is 6.92 Å². The van der Waals surface area contributed by atoms with E-state index in [9.17, 15) is 0 Å². The molecule has 1 rings (SSSR count). The van der Waals surface area contributed by atoms with Gasteiger partial charge in [-0.25, -0.2) is 4.98 Å². The summed E-state index contributed by atoms with van der Waals surface area (Å²) in [6, 6.07) is 0. The van der Waals surface area contributed by atoms with Crippen molar-refractivity contribution in [3.8, 4) is 0 Å². The predicted molar refractivity (Wildman–Crippen MR) is 73.5 cm³/mol. The van der Waals surface area contributed by atoms with Crippen LogP contribution in [-0.2, 0) is 0 Å². The molecule has 16 heavy (non-hydrogen) atoms. The average molecular weight is 264 g/mol. The summed E-state index contributed by atoms with van der Waals surface area (Å²) in [5, 5.41) is 3.23. The third-order valence-corrected chi connectivity index (χ3v) is 3.14. The Balaban J connectivity index is 0.00000225. The molecule has 0 aliphatic carbocycles. The minimum Gasteiger partial charge on any atom is -0.324 e. The molecular weight excluding hydrogens is 242 g/mol. The quantitative estimate of drug-likeness (QED) is 0.887. The second kappa shape index (κ2) is 6.55. The number of nitrogens with two attached hydrogens (primary N) is 1. The van der Waals surface area contributed by atoms with Crippen molar-refractivity contribution in [1.29, 1.82) is 0 Å². The van der Waals surface area contributed by atoms with E-state index in [-0.39, 0.29) is 17.9 Å². The lowest BCUT2D eigenvalue weighted by molar-refractivity contribution is 0.259. The van der Waals surface area contributed by atoms with Gasteiger partial charge in [0, 0.05) is 36.1 Å². The largest absolute Gasteiger partial charge is 0.324 e. The van der Waals surface area contributed by atoms with Gasteiger partial charge in [-0.15, -0.1) is 23.7 Å². The first-order valence-electron chi connectivity index (χ1n) is 5.25. The van der Waals surface area contributed by atoms with Crippen molar-refractivity contribution >= 4 is 23.7 Å². The van der Waals surface area contributed by atoms with Crippen molar-refractivity contribution in [3.05, 3.63) is 16.6 Å². The number of nitrogens with zero attached hydrogens (tertiary/aromatic N) is 2. The van der Waals surface area contributed by atoms with Gasteiger partial charge in [0.25, 0.3) is 0 Å². The van der Waals surface area contributed by atoms with Gasteiger partial charge in [-0.2, -0.15) is 0 Å².